The molecule has 0 aromatic carbocycles. The minimum absolute atomic E-state index is 0.0793. The van der Waals surface area contributed by atoms with Gasteiger partial charge < -0.3 is 10.8 Å². The van der Waals surface area contributed by atoms with Crippen molar-refractivity contribution in [3.63, 3.8) is 0 Å². The van der Waals surface area contributed by atoms with Crippen molar-refractivity contribution in [3.05, 3.63) is 22.5 Å². The van der Waals surface area contributed by atoms with Crippen molar-refractivity contribution in [3.8, 4) is 0 Å². The first-order valence-electron chi connectivity index (χ1n) is 6.06. The van der Waals surface area contributed by atoms with E-state index in [0.717, 1.165) is 36.9 Å². The van der Waals surface area contributed by atoms with Crippen LogP contribution in [0.3, 0.4) is 0 Å². The van der Waals surface area contributed by atoms with E-state index in [2.05, 4.69) is 4.98 Å². The number of nitrogens with two attached hydrogens (primary N) is 1. The molecule has 4 nitrogen and oxygen atoms in total. The van der Waals surface area contributed by atoms with E-state index in [1.165, 1.54) is 0 Å². The average molecular weight is 234 g/mol. The molecule has 0 aliphatic heterocycles. The van der Waals surface area contributed by atoms with E-state index in [9.17, 15) is 9.90 Å². The smallest absolute Gasteiger partial charge is 0.339 e. The fourth-order valence-electron chi connectivity index (χ4n) is 2.44. The summed E-state index contributed by atoms with van der Waals surface area (Å²) >= 11 is 0. The number of carbonyl (C=O) groups is 1. The Morgan fingerprint density at radius 2 is 2.00 bits per heavy atom. The fraction of sp³-hybridized carbons (Fsp3) is 0.538. The summed E-state index contributed by atoms with van der Waals surface area (Å²) in [5.74, 6) is -0.886. The molecule has 4 heteroatoms. The normalized spacial score (nSPS) is 14.8. The molecule has 17 heavy (non-hydrogen) atoms. The first kappa shape index (κ1) is 11.9. The topological polar surface area (TPSA) is 76.2 Å². The molecule has 0 spiro atoms. The van der Waals surface area contributed by atoms with Crippen molar-refractivity contribution in [1.29, 1.82) is 0 Å². The van der Waals surface area contributed by atoms with Crippen LogP contribution in [0.4, 0.5) is 5.69 Å². The van der Waals surface area contributed by atoms with Gasteiger partial charge in [-0.1, -0.05) is 13.8 Å². The van der Waals surface area contributed by atoms with Crippen molar-refractivity contribution in [2.75, 3.05) is 5.73 Å². The molecule has 0 amide bonds. The number of pyridine rings is 1. The molecule has 1 aromatic heterocycles. The van der Waals surface area contributed by atoms with Crippen LogP contribution in [0.5, 0.6) is 0 Å². The molecule has 0 unspecified atom stereocenters. The molecule has 0 radical (unpaired) electrons. The number of fused-ring (bicyclic) bond motifs is 1. The second-order valence-corrected chi connectivity index (χ2v) is 4.88. The number of carboxylic acids is 1. The lowest BCUT2D eigenvalue weighted by atomic mass is 9.90. The lowest BCUT2D eigenvalue weighted by Crippen LogP contribution is -2.18. The van der Waals surface area contributed by atoms with Crippen LogP contribution in [0.15, 0.2) is 0 Å². The van der Waals surface area contributed by atoms with Gasteiger partial charge in [0.1, 0.15) is 5.56 Å². The van der Waals surface area contributed by atoms with Gasteiger partial charge in [-0.2, -0.15) is 0 Å². The monoisotopic (exact) mass is 234 g/mol. The molecular weight excluding hydrogens is 216 g/mol. The third-order valence-corrected chi connectivity index (χ3v) is 3.31. The van der Waals surface area contributed by atoms with Gasteiger partial charge in [0.2, 0.25) is 0 Å². The zero-order valence-electron chi connectivity index (χ0n) is 10.3. The van der Waals surface area contributed by atoms with Gasteiger partial charge in [-0.05, 0) is 37.2 Å². The second kappa shape index (κ2) is 4.35. The van der Waals surface area contributed by atoms with Crippen molar-refractivity contribution < 1.29 is 9.90 Å². The number of rotatable bonds is 2. The van der Waals surface area contributed by atoms with Gasteiger partial charge in [-0.25, -0.2) is 4.79 Å². The zero-order chi connectivity index (χ0) is 12.6. The molecule has 1 aliphatic rings. The standard InChI is InChI=1S/C13H18N2O2/c1-7(2)12-10(13(16)17)11(14)8-5-3-4-6-9(8)15-12/h7H,3-6H2,1-2H3,(H2,14,15)(H,16,17). The van der Waals surface area contributed by atoms with Crippen LogP contribution in [-0.2, 0) is 12.8 Å². The maximum Gasteiger partial charge on any atom is 0.339 e. The largest absolute Gasteiger partial charge is 0.478 e. The number of hydrogen-bond acceptors (Lipinski definition) is 3. The highest BCUT2D eigenvalue weighted by Gasteiger charge is 2.24. The Kier molecular flexibility index (Phi) is 3.05. The summed E-state index contributed by atoms with van der Waals surface area (Å²) in [4.78, 5) is 15.8. The van der Waals surface area contributed by atoms with E-state index in [0.29, 0.717) is 11.4 Å². The minimum atomic E-state index is -0.966. The van der Waals surface area contributed by atoms with Gasteiger partial charge in [0, 0.05) is 5.69 Å². The highest BCUT2D eigenvalue weighted by Crippen LogP contribution is 2.32. The van der Waals surface area contributed by atoms with Gasteiger partial charge in [-0.15, -0.1) is 0 Å². The summed E-state index contributed by atoms with van der Waals surface area (Å²) in [7, 11) is 0. The summed E-state index contributed by atoms with van der Waals surface area (Å²) in [6, 6.07) is 0. The lowest BCUT2D eigenvalue weighted by molar-refractivity contribution is 0.0695. The highest BCUT2D eigenvalue weighted by atomic mass is 16.4. The SMILES string of the molecule is CC(C)c1nc2c(c(N)c1C(=O)O)CCCC2. The van der Waals surface area contributed by atoms with Crippen LogP contribution in [0.25, 0.3) is 0 Å². The number of hydrogen-bond donors (Lipinski definition) is 2. The van der Waals surface area contributed by atoms with Crippen LogP contribution < -0.4 is 5.73 Å². The number of anilines is 1. The summed E-state index contributed by atoms with van der Waals surface area (Å²) in [6.45, 7) is 3.90. The van der Waals surface area contributed by atoms with Crippen molar-refractivity contribution >= 4 is 11.7 Å². The number of carboxylic acid groups (broad SMARTS) is 1. The Morgan fingerprint density at radius 1 is 1.35 bits per heavy atom. The number of aromatic carboxylic acids is 1. The third-order valence-electron chi connectivity index (χ3n) is 3.31. The molecule has 1 aliphatic carbocycles. The minimum Gasteiger partial charge on any atom is -0.478 e. The molecule has 2 rings (SSSR count). The predicted octanol–water partition coefficient (Wildman–Crippen LogP) is 2.36. The van der Waals surface area contributed by atoms with Crippen LogP contribution in [0.2, 0.25) is 0 Å². The molecule has 1 heterocycles. The first-order valence-corrected chi connectivity index (χ1v) is 6.06. The quantitative estimate of drug-likeness (QED) is 0.823. The Morgan fingerprint density at radius 3 is 2.59 bits per heavy atom. The fourth-order valence-corrected chi connectivity index (χ4v) is 2.44. The number of aromatic nitrogens is 1. The molecular formula is C13H18N2O2. The van der Waals surface area contributed by atoms with Crippen LogP contribution in [0, 0.1) is 0 Å². The van der Waals surface area contributed by atoms with E-state index >= 15 is 0 Å². The van der Waals surface area contributed by atoms with E-state index in [1.54, 1.807) is 0 Å². The molecule has 3 N–H and O–H groups in total. The average Bonchev–Trinajstić information content (AvgIpc) is 2.28. The summed E-state index contributed by atoms with van der Waals surface area (Å²) in [6.07, 6.45) is 3.95. The number of nitrogen functional groups attached to an aromatic ring is 1. The lowest BCUT2D eigenvalue weighted by Gasteiger charge is -2.21. The van der Waals surface area contributed by atoms with Crippen LogP contribution in [-0.4, -0.2) is 16.1 Å². The van der Waals surface area contributed by atoms with Crippen LogP contribution in [0.1, 0.15) is 59.9 Å². The molecule has 0 bridgehead atoms. The third kappa shape index (κ3) is 1.99. The van der Waals surface area contributed by atoms with Gasteiger partial charge >= 0.3 is 5.97 Å². The predicted molar refractivity (Wildman–Crippen MR) is 66.3 cm³/mol. The van der Waals surface area contributed by atoms with Gasteiger partial charge in [0.15, 0.2) is 0 Å². The maximum atomic E-state index is 11.3. The molecule has 0 saturated heterocycles. The summed E-state index contributed by atoms with van der Waals surface area (Å²) in [5, 5.41) is 9.28. The van der Waals surface area contributed by atoms with Gasteiger partial charge in [-0.3, -0.25) is 4.98 Å². The zero-order valence-corrected chi connectivity index (χ0v) is 10.3. The van der Waals surface area contributed by atoms with E-state index in [4.69, 9.17) is 5.73 Å². The maximum absolute atomic E-state index is 11.3. The first-order chi connectivity index (χ1) is 8.02. The summed E-state index contributed by atoms with van der Waals surface area (Å²) in [5.41, 5.74) is 9.25. The second-order valence-electron chi connectivity index (χ2n) is 4.88. The van der Waals surface area contributed by atoms with Crippen molar-refractivity contribution in [2.24, 2.45) is 0 Å². The Labute approximate surface area is 101 Å². The molecule has 0 fully saturated rings. The van der Waals surface area contributed by atoms with Gasteiger partial charge in [0.05, 0.1) is 11.4 Å². The molecule has 1 aromatic rings. The Bertz CT molecular complexity index is 467. The van der Waals surface area contributed by atoms with E-state index < -0.39 is 5.97 Å². The number of nitrogens with zero attached hydrogens (tertiary/aromatic N) is 1. The number of aryl methyl sites for hydroxylation is 1. The highest BCUT2D eigenvalue weighted by molar-refractivity contribution is 5.96. The van der Waals surface area contributed by atoms with E-state index in [-0.39, 0.29) is 11.5 Å². The van der Waals surface area contributed by atoms with E-state index in [1.807, 2.05) is 13.8 Å². The molecule has 92 valence electrons. The molecule has 0 atom stereocenters. The van der Waals surface area contributed by atoms with Crippen LogP contribution >= 0.6 is 0 Å². The molecule has 0 saturated carbocycles. The Balaban J connectivity index is 2.67. The Hall–Kier alpha value is -1.58. The van der Waals surface area contributed by atoms with Gasteiger partial charge in [0.25, 0.3) is 0 Å². The van der Waals surface area contributed by atoms with Crippen molar-refractivity contribution in [1.82, 2.24) is 4.98 Å². The van der Waals surface area contributed by atoms with Crippen molar-refractivity contribution in [2.45, 2.75) is 45.4 Å². The summed E-state index contributed by atoms with van der Waals surface area (Å²) < 4.78 is 0.